The maximum absolute atomic E-state index is 12.1. The first-order valence-electron chi connectivity index (χ1n) is 6.55. The fraction of sp³-hybridized carbons (Fsp3) is 0.308. The molecule has 0 fully saturated rings. The fourth-order valence-corrected chi connectivity index (χ4v) is 4.47. The molecule has 122 valence electrons. The van der Waals surface area contributed by atoms with Crippen LogP contribution in [0.4, 0.5) is 5.69 Å². The third kappa shape index (κ3) is 4.31. The van der Waals surface area contributed by atoms with E-state index in [4.69, 9.17) is 9.47 Å². The number of carbonyl (C=O) groups is 1. The summed E-state index contributed by atoms with van der Waals surface area (Å²) >= 11 is 7.82. The second-order valence-electron chi connectivity index (χ2n) is 4.35. The van der Waals surface area contributed by atoms with Crippen molar-refractivity contribution in [1.29, 1.82) is 0 Å². The summed E-state index contributed by atoms with van der Waals surface area (Å²) in [6.45, 7) is 1.04. The van der Waals surface area contributed by atoms with Gasteiger partial charge in [-0.25, -0.2) is 0 Å². The molecule has 2 heterocycles. The van der Waals surface area contributed by atoms with Crippen LogP contribution in [0, 0.1) is 0 Å². The summed E-state index contributed by atoms with van der Waals surface area (Å²) in [5.74, 6) is 1.46. The van der Waals surface area contributed by atoms with Gasteiger partial charge in [-0.05, 0) is 22.2 Å². The predicted octanol–water partition coefficient (Wildman–Crippen LogP) is 3.52. The number of hydrogen-bond acceptors (Lipinski definition) is 8. The number of benzene rings is 1. The van der Waals surface area contributed by atoms with Crippen LogP contribution in [0.1, 0.15) is 0 Å². The Labute approximate surface area is 153 Å². The topological polar surface area (TPSA) is 73.3 Å². The van der Waals surface area contributed by atoms with Crippen LogP contribution < -0.4 is 14.8 Å². The number of rotatable bonds is 5. The molecule has 0 spiro atoms. The Kier molecular flexibility index (Phi) is 5.67. The van der Waals surface area contributed by atoms with E-state index in [1.54, 1.807) is 23.9 Å². The van der Waals surface area contributed by atoms with Gasteiger partial charge in [0.05, 0.1) is 11.4 Å². The first kappa shape index (κ1) is 16.9. The lowest BCUT2D eigenvalue weighted by Gasteiger charge is -2.20. The molecule has 1 aromatic heterocycles. The number of fused-ring (bicyclic) bond motifs is 1. The van der Waals surface area contributed by atoms with Crippen molar-refractivity contribution in [2.75, 3.05) is 30.5 Å². The zero-order chi connectivity index (χ0) is 16.2. The number of nitrogens with zero attached hydrogens (tertiary/aromatic N) is 2. The number of ether oxygens (including phenoxy) is 2. The molecule has 0 bridgehead atoms. The first-order chi connectivity index (χ1) is 11.2. The summed E-state index contributed by atoms with van der Waals surface area (Å²) in [5, 5.41) is 10.9. The van der Waals surface area contributed by atoms with E-state index >= 15 is 0 Å². The number of nitrogens with one attached hydrogen (secondary N) is 1. The maximum atomic E-state index is 12.1. The minimum absolute atomic E-state index is 0.117. The molecule has 0 atom stereocenters. The molecule has 0 saturated heterocycles. The smallest absolute Gasteiger partial charge is 0.234 e. The summed E-state index contributed by atoms with van der Waals surface area (Å²) in [7, 11) is 0. The van der Waals surface area contributed by atoms with Gasteiger partial charge in [-0.1, -0.05) is 34.9 Å². The summed E-state index contributed by atoms with van der Waals surface area (Å²) in [6, 6.07) is 3.56. The van der Waals surface area contributed by atoms with E-state index in [2.05, 4.69) is 31.4 Å². The lowest BCUT2D eigenvalue weighted by atomic mass is 10.2. The molecule has 1 amide bonds. The normalized spacial score (nSPS) is 13.0. The Morgan fingerprint density at radius 3 is 2.70 bits per heavy atom. The molecule has 1 aliphatic heterocycles. The predicted molar refractivity (Wildman–Crippen MR) is 96.2 cm³/mol. The van der Waals surface area contributed by atoms with E-state index < -0.39 is 0 Å². The van der Waals surface area contributed by atoms with Gasteiger partial charge in [-0.3, -0.25) is 4.79 Å². The largest absolute Gasteiger partial charge is 0.486 e. The van der Waals surface area contributed by atoms with E-state index in [0.29, 0.717) is 30.4 Å². The highest BCUT2D eigenvalue weighted by Crippen LogP contribution is 2.38. The van der Waals surface area contributed by atoms with Crippen molar-refractivity contribution in [3.05, 3.63) is 16.6 Å². The Bertz CT molecular complexity index is 726. The molecule has 23 heavy (non-hydrogen) atoms. The van der Waals surface area contributed by atoms with Crippen molar-refractivity contribution in [2.45, 2.75) is 8.68 Å². The van der Waals surface area contributed by atoms with Gasteiger partial charge in [0.1, 0.15) is 13.2 Å². The van der Waals surface area contributed by atoms with Crippen LogP contribution in [0.2, 0.25) is 0 Å². The Morgan fingerprint density at radius 2 is 2.00 bits per heavy atom. The highest BCUT2D eigenvalue weighted by Gasteiger charge is 2.16. The standard InChI is InChI=1S/C13H12BrN3O3S3/c1-21-12-16-17-13(23-12)22-6-11(18)15-8-5-10-9(4-7(8)14)19-2-3-20-10/h4-5H,2-3,6H2,1H3,(H,15,18). The first-order valence-corrected chi connectivity index (χ1v) is 10.4. The van der Waals surface area contributed by atoms with Crippen LogP contribution >= 0.6 is 50.8 Å². The molecule has 0 saturated carbocycles. The lowest BCUT2D eigenvalue weighted by molar-refractivity contribution is -0.113. The Balaban J connectivity index is 1.61. The second kappa shape index (κ2) is 7.73. The lowest BCUT2D eigenvalue weighted by Crippen LogP contribution is -2.17. The Hall–Kier alpha value is -0.970. The molecule has 2 aromatic rings. The molecule has 3 rings (SSSR count). The Morgan fingerprint density at radius 1 is 1.30 bits per heavy atom. The molecule has 6 nitrogen and oxygen atoms in total. The van der Waals surface area contributed by atoms with Crippen LogP contribution in [0.15, 0.2) is 25.3 Å². The van der Waals surface area contributed by atoms with Gasteiger partial charge in [0.15, 0.2) is 20.2 Å². The monoisotopic (exact) mass is 433 g/mol. The summed E-state index contributed by atoms with van der Waals surface area (Å²) < 4.78 is 13.4. The number of halogens is 1. The molecule has 1 aromatic carbocycles. The van der Waals surface area contributed by atoms with Crippen LogP contribution in [0.5, 0.6) is 11.5 Å². The van der Waals surface area contributed by atoms with E-state index in [1.165, 1.54) is 23.1 Å². The van der Waals surface area contributed by atoms with Gasteiger partial charge in [0.25, 0.3) is 0 Å². The van der Waals surface area contributed by atoms with Crippen LogP contribution in [0.25, 0.3) is 0 Å². The number of amides is 1. The van der Waals surface area contributed by atoms with Crippen molar-refractivity contribution in [1.82, 2.24) is 10.2 Å². The molecule has 10 heteroatoms. The second-order valence-corrected chi connectivity index (χ2v) is 8.46. The third-order valence-electron chi connectivity index (χ3n) is 2.80. The highest BCUT2D eigenvalue weighted by atomic mass is 79.9. The number of anilines is 1. The summed E-state index contributed by atoms with van der Waals surface area (Å²) in [5.41, 5.74) is 0.655. The van der Waals surface area contributed by atoms with Crippen LogP contribution in [-0.2, 0) is 4.79 Å². The SMILES string of the molecule is CSc1nnc(SCC(=O)Nc2cc3c(cc2Br)OCCO3)s1. The number of hydrogen-bond donors (Lipinski definition) is 1. The minimum Gasteiger partial charge on any atom is -0.486 e. The van der Waals surface area contributed by atoms with Gasteiger partial charge in [0.2, 0.25) is 5.91 Å². The number of thioether (sulfide) groups is 2. The van der Waals surface area contributed by atoms with E-state index in [9.17, 15) is 4.79 Å². The maximum Gasteiger partial charge on any atom is 0.234 e. The van der Waals surface area contributed by atoms with Crippen molar-refractivity contribution in [3.8, 4) is 11.5 Å². The zero-order valence-electron chi connectivity index (χ0n) is 12.0. The third-order valence-corrected chi connectivity index (χ3v) is 6.48. The van der Waals surface area contributed by atoms with Gasteiger partial charge in [-0.15, -0.1) is 10.2 Å². The molecule has 0 unspecified atom stereocenters. The zero-order valence-corrected chi connectivity index (χ0v) is 16.0. The van der Waals surface area contributed by atoms with E-state index in [1.807, 2.05) is 6.26 Å². The van der Waals surface area contributed by atoms with Crippen LogP contribution in [0.3, 0.4) is 0 Å². The average Bonchev–Trinajstić information content (AvgIpc) is 3.02. The van der Waals surface area contributed by atoms with Gasteiger partial charge < -0.3 is 14.8 Å². The summed E-state index contributed by atoms with van der Waals surface area (Å²) in [6.07, 6.45) is 1.95. The van der Waals surface area contributed by atoms with Crippen LogP contribution in [-0.4, -0.2) is 41.3 Å². The number of aromatic nitrogens is 2. The van der Waals surface area contributed by atoms with Crippen molar-refractivity contribution in [3.63, 3.8) is 0 Å². The van der Waals surface area contributed by atoms with Gasteiger partial charge in [-0.2, -0.15) is 0 Å². The van der Waals surface area contributed by atoms with Gasteiger partial charge in [0, 0.05) is 16.6 Å². The molecule has 1 N–H and O–H groups in total. The van der Waals surface area contributed by atoms with Crippen molar-refractivity contribution >= 4 is 62.4 Å². The molecule has 1 aliphatic rings. The average molecular weight is 434 g/mol. The number of carbonyl (C=O) groups excluding carboxylic acids is 1. The highest BCUT2D eigenvalue weighted by molar-refractivity contribution is 9.10. The molecular weight excluding hydrogens is 422 g/mol. The molecular formula is C13H12BrN3O3S3. The quantitative estimate of drug-likeness (QED) is 0.722. The fourth-order valence-electron chi connectivity index (χ4n) is 1.81. The van der Waals surface area contributed by atoms with E-state index in [0.717, 1.165) is 13.2 Å². The minimum atomic E-state index is -0.117. The van der Waals surface area contributed by atoms with E-state index in [-0.39, 0.29) is 11.7 Å². The molecule has 0 aliphatic carbocycles. The molecule has 0 radical (unpaired) electrons. The summed E-state index contributed by atoms with van der Waals surface area (Å²) in [4.78, 5) is 12.1. The van der Waals surface area contributed by atoms with Crippen molar-refractivity contribution < 1.29 is 14.3 Å². The van der Waals surface area contributed by atoms with Gasteiger partial charge >= 0.3 is 0 Å². The van der Waals surface area contributed by atoms with Crippen molar-refractivity contribution in [2.24, 2.45) is 0 Å².